The van der Waals surface area contributed by atoms with E-state index < -0.39 is 10.0 Å². The summed E-state index contributed by atoms with van der Waals surface area (Å²) < 4.78 is 26.9. The summed E-state index contributed by atoms with van der Waals surface area (Å²) >= 11 is 0. The van der Waals surface area contributed by atoms with Gasteiger partial charge in [-0.3, -0.25) is 4.79 Å². The van der Waals surface area contributed by atoms with Crippen molar-refractivity contribution in [3.8, 4) is 0 Å². The third-order valence-corrected chi connectivity index (χ3v) is 6.86. The van der Waals surface area contributed by atoms with Gasteiger partial charge in [0.05, 0.1) is 6.26 Å². The van der Waals surface area contributed by atoms with Gasteiger partial charge in [0.1, 0.15) is 11.3 Å². The molecule has 0 saturated carbocycles. The van der Waals surface area contributed by atoms with Crippen LogP contribution >= 0.6 is 0 Å². The molecule has 0 radical (unpaired) electrons. The first-order chi connectivity index (χ1) is 14.7. The zero-order valence-electron chi connectivity index (χ0n) is 18.5. The van der Waals surface area contributed by atoms with Crippen LogP contribution in [0, 0.1) is 0 Å². The van der Waals surface area contributed by atoms with Crippen LogP contribution in [0.1, 0.15) is 42.6 Å². The summed E-state index contributed by atoms with van der Waals surface area (Å²) in [5, 5.41) is 4.17. The summed E-state index contributed by atoms with van der Waals surface area (Å²) in [6, 6.07) is 1.95. The van der Waals surface area contributed by atoms with Gasteiger partial charge in [-0.15, -0.1) is 6.58 Å². The molecule has 9 nitrogen and oxygen atoms in total. The lowest BCUT2D eigenvalue weighted by molar-refractivity contribution is 0.0817. The molecule has 3 rings (SSSR count). The van der Waals surface area contributed by atoms with Gasteiger partial charge in [-0.05, 0) is 38.2 Å². The highest BCUT2D eigenvalue weighted by molar-refractivity contribution is 7.88. The number of carbonyl (C=O) groups excluding carboxylic acids is 1. The lowest BCUT2D eigenvalue weighted by atomic mass is 10.1. The highest BCUT2D eigenvalue weighted by Crippen LogP contribution is 2.22. The van der Waals surface area contributed by atoms with E-state index in [0.717, 1.165) is 30.3 Å². The Balaban J connectivity index is 1.81. The minimum Gasteiger partial charge on any atom is -0.351 e. The van der Waals surface area contributed by atoms with Crippen LogP contribution in [0.3, 0.4) is 0 Å². The van der Waals surface area contributed by atoms with E-state index in [2.05, 4.69) is 16.9 Å². The molecule has 1 fully saturated rings. The number of piperidine rings is 1. The van der Waals surface area contributed by atoms with E-state index in [4.69, 9.17) is 4.98 Å². The highest BCUT2D eigenvalue weighted by atomic mass is 32.2. The molecule has 1 N–H and O–H groups in total. The average molecular weight is 449 g/mol. The quantitative estimate of drug-likeness (QED) is 0.467. The minimum atomic E-state index is -3.15. The van der Waals surface area contributed by atoms with Gasteiger partial charge in [0, 0.05) is 51.4 Å². The maximum atomic E-state index is 12.7. The smallest absolute Gasteiger partial charge is 0.270 e. The summed E-state index contributed by atoms with van der Waals surface area (Å²) in [7, 11) is 0.326. The normalized spacial score (nSPS) is 15.8. The van der Waals surface area contributed by atoms with Crippen LogP contribution in [0.4, 0.5) is 5.95 Å². The average Bonchev–Trinajstić information content (AvgIpc) is 3.08. The number of nitrogens with zero attached hydrogens (tertiary/aromatic N) is 5. The maximum absolute atomic E-state index is 12.7. The van der Waals surface area contributed by atoms with E-state index in [9.17, 15) is 13.2 Å². The van der Waals surface area contributed by atoms with Gasteiger partial charge in [-0.1, -0.05) is 6.08 Å². The molecular weight excluding hydrogens is 416 g/mol. The molecule has 1 saturated heterocycles. The number of aromatic nitrogens is 3. The van der Waals surface area contributed by atoms with E-state index in [1.165, 1.54) is 10.6 Å². The van der Waals surface area contributed by atoms with Crippen LogP contribution in [0.25, 0.3) is 11.0 Å². The lowest BCUT2D eigenvalue weighted by Gasteiger charge is -2.30. The fraction of sp³-hybridized carbons (Fsp3) is 0.571. The lowest BCUT2D eigenvalue weighted by Crippen LogP contribution is -2.42. The number of carbonyl (C=O) groups is 1. The summed E-state index contributed by atoms with van der Waals surface area (Å²) in [5.74, 6) is 0.434. The number of allylic oxidation sites excluding steroid dienone is 1. The Bertz CT molecular complexity index is 1040. The number of unbranched alkanes of at least 4 members (excludes halogenated alkanes) is 2. The van der Waals surface area contributed by atoms with Gasteiger partial charge in [0.2, 0.25) is 16.0 Å². The Morgan fingerprint density at radius 1 is 1.32 bits per heavy atom. The minimum absolute atomic E-state index is 0.0654. The Labute approximate surface area is 184 Å². The molecule has 2 aromatic rings. The van der Waals surface area contributed by atoms with E-state index in [-0.39, 0.29) is 11.9 Å². The monoisotopic (exact) mass is 448 g/mol. The molecule has 1 aliphatic rings. The first kappa shape index (κ1) is 23.2. The van der Waals surface area contributed by atoms with E-state index in [1.807, 2.05) is 16.7 Å². The Kier molecular flexibility index (Phi) is 7.32. The number of fused-ring (bicyclic) bond motifs is 1. The number of nitrogens with one attached hydrogen (secondary N) is 1. The van der Waals surface area contributed by atoms with E-state index in [0.29, 0.717) is 44.1 Å². The van der Waals surface area contributed by atoms with Gasteiger partial charge in [0.25, 0.3) is 5.91 Å². The van der Waals surface area contributed by atoms with Crippen molar-refractivity contribution < 1.29 is 13.2 Å². The molecule has 0 bridgehead atoms. The van der Waals surface area contributed by atoms with Crippen molar-refractivity contribution in [1.29, 1.82) is 0 Å². The van der Waals surface area contributed by atoms with Crippen LogP contribution in [-0.4, -0.2) is 77.5 Å². The summed E-state index contributed by atoms with van der Waals surface area (Å²) in [6.45, 7) is 5.43. The van der Waals surface area contributed by atoms with Crippen LogP contribution in [0.5, 0.6) is 0 Å². The molecule has 170 valence electrons. The second-order valence-corrected chi connectivity index (χ2v) is 10.2. The number of aryl methyl sites for hydroxylation is 1. The molecule has 0 aliphatic carbocycles. The van der Waals surface area contributed by atoms with Crippen LogP contribution < -0.4 is 5.32 Å². The van der Waals surface area contributed by atoms with Gasteiger partial charge in [-0.25, -0.2) is 17.7 Å². The second kappa shape index (κ2) is 9.78. The first-order valence-corrected chi connectivity index (χ1v) is 12.5. The van der Waals surface area contributed by atoms with Crippen molar-refractivity contribution in [3.05, 3.63) is 30.6 Å². The molecule has 0 spiro atoms. The Morgan fingerprint density at radius 2 is 2.03 bits per heavy atom. The van der Waals surface area contributed by atoms with Gasteiger partial charge < -0.3 is 14.8 Å². The number of rotatable bonds is 9. The van der Waals surface area contributed by atoms with Crippen molar-refractivity contribution >= 4 is 32.9 Å². The number of anilines is 1. The predicted molar refractivity (Wildman–Crippen MR) is 123 cm³/mol. The molecule has 3 heterocycles. The van der Waals surface area contributed by atoms with Gasteiger partial charge in [0.15, 0.2) is 0 Å². The van der Waals surface area contributed by atoms with E-state index in [1.54, 1.807) is 25.2 Å². The molecule has 0 atom stereocenters. The zero-order valence-corrected chi connectivity index (χ0v) is 19.4. The summed E-state index contributed by atoms with van der Waals surface area (Å²) in [5.41, 5.74) is 1.33. The maximum Gasteiger partial charge on any atom is 0.270 e. The van der Waals surface area contributed by atoms with Crippen LogP contribution in [0.2, 0.25) is 0 Å². The van der Waals surface area contributed by atoms with Crippen LogP contribution in [-0.2, 0) is 16.6 Å². The third kappa shape index (κ3) is 5.62. The summed E-state index contributed by atoms with van der Waals surface area (Å²) in [6.07, 6.45) is 9.12. The molecule has 0 unspecified atom stereocenters. The number of sulfonamides is 1. The molecular formula is C21H32N6O3S. The van der Waals surface area contributed by atoms with Crippen molar-refractivity contribution in [3.63, 3.8) is 0 Å². The van der Waals surface area contributed by atoms with Crippen molar-refractivity contribution in [2.24, 2.45) is 0 Å². The predicted octanol–water partition coefficient (Wildman–Crippen LogP) is 2.33. The standard InChI is InChI=1S/C21H32N6O3S/c1-5-6-7-8-11-27-18(20(28)25(2)3)14-16-15-22-21(24-19(16)27)23-17-9-12-26(13-10-17)31(4,29)30/h5,14-15,17H,1,6-13H2,2-4H3,(H,22,23,24). The van der Waals surface area contributed by atoms with Crippen molar-refractivity contribution in [2.45, 2.75) is 44.7 Å². The zero-order chi connectivity index (χ0) is 22.6. The third-order valence-electron chi connectivity index (χ3n) is 5.56. The SMILES string of the molecule is C=CCCCCn1c(C(=O)N(C)C)cc2cnc(NC3CCN(S(C)(=O)=O)CC3)nc21. The topological polar surface area (TPSA) is 100 Å². The number of hydrogen-bond acceptors (Lipinski definition) is 6. The molecule has 2 aromatic heterocycles. The fourth-order valence-electron chi connectivity index (χ4n) is 3.81. The van der Waals surface area contributed by atoms with Crippen molar-refractivity contribution in [1.82, 2.24) is 23.7 Å². The molecule has 1 amide bonds. The first-order valence-electron chi connectivity index (χ1n) is 10.6. The largest absolute Gasteiger partial charge is 0.351 e. The number of hydrogen-bond donors (Lipinski definition) is 1. The van der Waals surface area contributed by atoms with Gasteiger partial charge in [-0.2, -0.15) is 4.98 Å². The molecule has 0 aromatic carbocycles. The van der Waals surface area contributed by atoms with Crippen molar-refractivity contribution in [2.75, 3.05) is 38.8 Å². The Morgan fingerprint density at radius 3 is 2.65 bits per heavy atom. The molecule has 1 aliphatic heterocycles. The second-order valence-electron chi connectivity index (χ2n) is 8.22. The number of amides is 1. The van der Waals surface area contributed by atoms with E-state index >= 15 is 0 Å². The van der Waals surface area contributed by atoms with Gasteiger partial charge >= 0.3 is 0 Å². The fourth-order valence-corrected chi connectivity index (χ4v) is 4.69. The molecule has 10 heteroatoms. The Hall–Kier alpha value is -2.46. The van der Waals surface area contributed by atoms with Crippen LogP contribution in [0.15, 0.2) is 24.9 Å². The summed E-state index contributed by atoms with van der Waals surface area (Å²) in [4.78, 5) is 23.4. The molecule has 31 heavy (non-hydrogen) atoms. The highest BCUT2D eigenvalue weighted by Gasteiger charge is 2.25.